The van der Waals surface area contributed by atoms with Gasteiger partial charge >= 0.3 is 0 Å². The summed E-state index contributed by atoms with van der Waals surface area (Å²) in [6.07, 6.45) is 2.90. The van der Waals surface area contributed by atoms with Gasteiger partial charge in [0, 0.05) is 25.9 Å². The van der Waals surface area contributed by atoms with Gasteiger partial charge in [-0.25, -0.2) is 9.97 Å². The largest absolute Gasteiger partial charge is 0.369 e. The number of hydrogen-bond donors (Lipinski definition) is 1. The highest BCUT2D eigenvalue weighted by atomic mass is 32.2. The maximum atomic E-state index is 4.66. The Hall–Kier alpha value is -1.34. The van der Waals surface area contributed by atoms with Crippen molar-refractivity contribution in [3.8, 4) is 0 Å². The van der Waals surface area contributed by atoms with E-state index in [-0.39, 0.29) is 0 Å². The Morgan fingerprint density at radius 2 is 2.14 bits per heavy atom. The first-order valence-corrected chi connectivity index (χ1v) is 8.42. The number of nitrogens with zero attached hydrogens (tertiary/aromatic N) is 5. The van der Waals surface area contributed by atoms with Crippen LogP contribution >= 0.6 is 11.8 Å². The second-order valence-electron chi connectivity index (χ2n) is 5.28. The van der Waals surface area contributed by atoms with Gasteiger partial charge in [-0.05, 0) is 20.5 Å². The molecule has 2 aromatic heterocycles. The smallest absolute Gasteiger partial charge is 0.163 e. The van der Waals surface area contributed by atoms with Crippen molar-refractivity contribution in [1.82, 2.24) is 24.6 Å². The predicted molar refractivity (Wildman–Crippen MR) is 89.8 cm³/mol. The molecule has 116 valence electrons. The SMILES string of the molecule is CCCNc1nc(CSCCN(C)C)nc2c1cnn2C. The Balaban J connectivity index is 2.13. The molecule has 0 aliphatic heterocycles. The molecule has 6 nitrogen and oxygen atoms in total. The minimum absolute atomic E-state index is 0.829. The van der Waals surface area contributed by atoms with Gasteiger partial charge in [0.2, 0.25) is 0 Å². The molecule has 2 rings (SSSR count). The molecular weight excluding hydrogens is 284 g/mol. The van der Waals surface area contributed by atoms with Gasteiger partial charge in [-0.2, -0.15) is 16.9 Å². The van der Waals surface area contributed by atoms with Crippen LogP contribution in [0.2, 0.25) is 0 Å². The summed E-state index contributed by atoms with van der Waals surface area (Å²) in [6, 6.07) is 0. The molecule has 1 N–H and O–H groups in total. The van der Waals surface area contributed by atoms with Gasteiger partial charge in [0.15, 0.2) is 5.65 Å². The molecule has 21 heavy (non-hydrogen) atoms. The quantitative estimate of drug-likeness (QED) is 0.753. The van der Waals surface area contributed by atoms with Crippen LogP contribution in [0.5, 0.6) is 0 Å². The lowest BCUT2D eigenvalue weighted by Crippen LogP contribution is -2.15. The molecule has 0 aliphatic carbocycles. The van der Waals surface area contributed by atoms with Crippen molar-refractivity contribution in [1.29, 1.82) is 0 Å². The average Bonchev–Trinajstić information content (AvgIpc) is 2.83. The molecule has 0 radical (unpaired) electrons. The average molecular weight is 308 g/mol. The van der Waals surface area contributed by atoms with Gasteiger partial charge in [0.25, 0.3) is 0 Å². The van der Waals surface area contributed by atoms with Crippen LogP contribution in [0.25, 0.3) is 11.0 Å². The highest BCUT2D eigenvalue weighted by Gasteiger charge is 2.11. The van der Waals surface area contributed by atoms with Crippen LogP contribution in [0.4, 0.5) is 5.82 Å². The number of anilines is 1. The third-order valence-corrected chi connectivity index (χ3v) is 4.03. The molecule has 0 bridgehead atoms. The second kappa shape index (κ2) is 7.61. The topological polar surface area (TPSA) is 58.9 Å². The van der Waals surface area contributed by atoms with Crippen molar-refractivity contribution >= 4 is 28.6 Å². The van der Waals surface area contributed by atoms with E-state index in [2.05, 4.69) is 46.3 Å². The van der Waals surface area contributed by atoms with E-state index < -0.39 is 0 Å². The standard InChI is InChI=1S/C14H24N6S/c1-5-6-15-13-11-9-16-20(4)14(11)18-12(17-13)10-21-8-7-19(2)3/h9H,5-8,10H2,1-4H3,(H,15,17,18). The molecule has 0 atom stereocenters. The van der Waals surface area contributed by atoms with Gasteiger partial charge < -0.3 is 10.2 Å². The molecule has 0 aromatic carbocycles. The number of nitrogens with one attached hydrogen (secondary N) is 1. The molecule has 0 unspecified atom stereocenters. The van der Waals surface area contributed by atoms with Gasteiger partial charge in [0.1, 0.15) is 11.6 Å². The maximum absolute atomic E-state index is 4.66. The lowest BCUT2D eigenvalue weighted by atomic mass is 10.3. The first-order chi connectivity index (χ1) is 10.1. The van der Waals surface area contributed by atoms with Crippen molar-refractivity contribution < 1.29 is 0 Å². The number of fused-ring (bicyclic) bond motifs is 1. The zero-order chi connectivity index (χ0) is 15.2. The summed E-state index contributed by atoms with van der Waals surface area (Å²) in [5.74, 6) is 3.68. The van der Waals surface area contributed by atoms with Gasteiger partial charge in [-0.1, -0.05) is 6.92 Å². The third-order valence-electron chi connectivity index (χ3n) is 3.09. The Morgan fingerprint density at radius 3 is 2.86 bits per heavy atom. The Kier molecular flexibility index (Phi) is 5.81. The van der Waals surface area contributed by atoms with Crippen LogP contribution in [0.3, 0.4) is 0 Å². The molecule has 0 aliphatic rings. The number of rotatable bonds is 8. The lowest BCUT2D eigenvalue weighted by Gasteiger charge is -2.10. The van der Waals surface area contributed by atoms with E-state index in [1.807, 2.05) is 29.7 Å². The van der Waals surface area contributed by atoms with Crippen LogP contribution in [0.1, 0.15) is 19.2 Å². The highest BCUT2D eigenvalue weighted by molar-refractivity contribution is 7.98. The van der Waals surface area contributed by atoms with Crippen LogP contribution in [0, 0.1) is 0 Å². The summed E-state index contributed by atoms with van der Waals surface area (Å²) in [7, 11) is 6.10. The van der Waals surface area contributed by atoms with Crippen LogP contribution in [0.15, 0.2) is 6.20 Å². The number of aromatic nitrogens is 4. The summed E-state index contributed by atoms with van der Waals surface area (Å²) < 4.78 is 1.81. The zero-order valence-corrected chi connectivity index (χ0v) is 14.1. The predicted octanol–water partition coefficient (Wildman–Crippen LogP) is 1.98. The molecule has 2 aromatic rings. The van der Waals surface area contributed by atoms with Crippen molar-refractivity contribution in [3.63, 3.8) is 0 Å². The fourth-order valence-corrected chi connectivity index (χ4v) is 2.87. The molecule has 0 fully saturated rings. The maximum Gasteiger partial charge on any atom is 0.163 e. The minimum atomic E-state index is 0.829. The van der Waals surface area contributed by atoms with Crippen molar-refractivity contribution in [2.24, 2.45) is 7.05 Å². The van der Waals surface area contributed by atoms with Crippen molar-refractivity contribution in [3.05, 3.63) is 12.0 Å². The number of hydrogen-bond acceptors (Lipinski definition) is 6. The third kappa shape index (κ3) is 4.31. The van der Waals surface area contributed by atoms with Gasteiger partial charge in [-0.15, -0.1) is 0 Å². The summed E-state index contributed by atoms with van der Waals surface area (Å²) >= 11 is 1.86. The lowest BCUT2D eigenvalue weighted by molar-refractivity contribution is 0.437. The summed E-state index contributed by atoms with van der Waals surface area (Å²) in [5.41, 5.74) is 0.895. The van der Waals surface area contributed by atoms with Crippen molar-refractivity contribution in [2.45, 2.75) is 19.1 Å². The van der Waals surface area contributed by atoms with Crippen molar-refractivity contribution in [2.75, 3.05) is 38.3 Å². The molecule has 2 heterocycles. The monoisotopic (exact) mass is 308 g/mol. The molecule has 7 heteroatoms. The Labute approximate surface area is 130 Å². The first-order valence-electron chi connectivity index (χ1n) is 7.26. The van der Waals surface area contributed by atoms with E-state index in [0.29, 0.717) is 0 Å². The van der Waals surface area contributed by atoms with Crippen LogP contribution in [-0.2, 0) is 12.8 Å². The Morgan fingerprint density at radius 1 is 1.33 bits per heavy atom. The van der Waals surface area contributed by atoms with E-state index in [4.69, 9.17) is 0 Å². The van der Waals surface area contributed by atoms with Crippen LogP contribution < -0.4 is 5.32 Å². The molecular formula is C14H24N6S. The normalized spacial score (nSPS) is 11.5. The molecule has 0 amide bonds. The van der Waals surface area contributed by atoms with E-state index in [0.717, 1.165) is 53.7 Å². The summed E-state index contributed by atoms with van der Waals surface area (Å²) in [6.45, 7) is 4.13. The first kappa shape index (κ1) is 16.0. The molecule has 0 saturated carbocycles. The minimum Gasteiger partial charge on any atom is -0.369 e. The summed E-state index contributed by atoms with van der Waals surface area (Å²) in [5, 5.41) is 8.66. The highest BCUT2D eigenvalue weighted by Crippen LogP contribution is 2.21. The summed E-state index contributed by atoms with van der Waals surface area (Å²) in [4.78, 5) is 11.5. The van der Waals surface area contributed by atoms with Gasteiger partial charge in [-0.3, -0.25) is 4.68 Å². The zero-order valence-electron chi connectivity index (χ0n) is 13.3. The fraction of sp³-hybridized carbons (Fsp3) is 0.643. The number of thioether (sulfide) groups is 1. The van der Waals surface area contributed by atoms with E-state index in [9.17, 15) is 0 Å². The molecule has 0 saturated heterocycles. The van der Waals surface area contributed by atoms with Crippen LogP contribution in [-0.4, -0.2) is 57.6 Å². The Bertz CT molecular complexity index is 580. The van der Waals surface area contributed by atoms with Gasteiger partial charge in [0.05, 0.1) is 17.3 Å². The van der Waals surface area contributed by atoms with E-state index >= 15 is 0 Å². The number of aryl methyl sites for hydroxylation is 1. The molecule has 0 spiro atoms. The van der Waals surface area contributed by atoms with E-state index in [1.165, 1.54) is 0 Å². The fourth-order valence-electron chi connectivity index (χ4n) is 1.92. The van der Waals surface area contributed by atoms with E-state index in [1.54, 1.807) is 0 Å². The second-order valence-corrected chi connectivity index (χ2v) is 6.38.